The molecule has 1 amide bonds. The van der Waals surface area contributed by atoms with E-state index in [1.165, 1.54) is 0 Å². The summed E-state index contributed by atoms with van der Waals surface area (Å²) in [7, 11) is 0. The molecule has 2 aromatic carbocycles. The van der Waals surface area contributed by atoms with Gasteiger partial charge < -0.3 is 5.32 Å². The molecule has 0 unspecified atom stereocenters. The molecule has 2 nitrogen and oxygen atoms in total. The van der Waals surface area contributed by atoms with Crippen LogP contribution in [0.1, 0.15) is 10.4 Å². The van der Waals surface area contributed by atoms with Crippen LogP contribution in [0.2, 0.25) is 10.0 Å². The maximum absolute atomic E-state index is 12.1. The smallest absolute Gasteiger partial charge is 0.255 e. The molecule has 19 heavy (non-hydrogen) atoms. The fourth-order valence-electron chi connectivity index (χ4n) is 1.42. The number of halogens is 4. The topological polar surface area (TPSA) is 29.1 Å². The summed E-state index contributed by atoms with van der Waals surface area (Å²) in [5.41, 5.74) is 1.05. The van der Waals surface area contributed by atoms with Crippen LogP contribution in [0.25, 0.3) is 0 Å². The van der Waals surface area contributed by atoms with E-state index in [-0.39, 0.29) is 5.91 Å². The lowest BCUT2D eigenvalue weighted by Crippen LogP contribution is -2.12. The third-order valence-electron chi connectivity index (χ3n) is 2.36. The predicted octanol–water partition coefficient (Wildman–Crippen LogP) is 5.61. The van der Waals surface area contributed by atoms with Crippen molar-refractivity contribution >= 4 is 73.3 Å². The first-order chi connectivity index (χ1) is 8.97. The Kier molecular flexibility index (Phi) is 5.11. The zero-order chi connectivity index (χ0) is 14.0. The molecule has 0 bridgehead atoms. The summed E-state index contributed by atoms with van der Waals surface area (Å²) >= 11 is 17.5. The molecule has 0 aliphatic heterocycles. The van der Waals surface area contributed by atoms with E-state index in [2.05, 4.69) is 43.8 Å². The van der Waals surface area contributed by atoms with Gasteiger partial charge in [0.1, 0.15) is 0 Å². The zero-order valence-corrected chi connectivity index (χ0v) is 14.6. The summed E-state index contributed by atoms with van der Waals surface area (Å²) in [5.74, 6) is -0.252. The summed E-state index contributed by atoms with van der Waals surface area (Å²) in [6.45, 7) is 0. The fourth-order valence-corrected chi connectivity index (χ4v) is 2.75. The van der Waals surface area contributed by atoms with Crippen molar-refractivity contribution in [3.8, 4) is 0 Å². The Bertz CT molecular complexity index is 649. The van der Waals surface area contributed by atoms with E-state index in [4.69, 9.17) is 23.2 Å². The van der Waals surface area contributed by atoms with Crippen LogP contribution >= 0.6 is 61.7 Å². The molecular formula is C13H7BrCl2INO. The van der Waals surface area contributed by atoms with Crippen molar-refractivity contribution in [3.05, 3.63) is 60.0 Å². The Morgan fingerprint density at radius 3 is 2.47 bits per heavy atom. The molecule has 98 valence electrons. The standard InChI is InChI=1S/C13H7BrCl2INO/c14-9-3-1-7(5-10(9)15)13(19)18-12-4-2-8(17)6-11(12)16/h1-6H,(H,18,19). The second kappa shape index (κ2) is 6.43. The highest BCUT2D eigenvalue weighted by atomic mass is 127. The van der Waals surface area contributed by atoms with Gasteiger partial charge in [0.05, 0.1) is 15.7 Å². The molecule has 1 N–H and O–H groups in total. The van der Waals surface area contributed by atoms with E-state index >= 15 is 0 Å². The minimum absolute atomic E-state index is 0.252. The van der Waals surface area contributed by atoms with E-state index in [1.807, 2.05) is 6.07 Å². The Morgan fingerprint density at radius 1 is 1.11 bits per heavy atom. The second-order valence-corrected chi connectivity index (χ2v) is 6.62. The Morgan fingerprint density at radius 2 is 1.84 bits per heavy atom. The van der Waals surface area contributed by atoms with Crippen molar-refractivity contribution < 1.29 is 4.79 Å². The van der Waals surface area contributed by atoms with Gasteiger partial charge in [0.15, 0.2) is 0 Å². The molecule has 6 heteroatoms. The average Bonchev–Trinajstić information content (AvgIpc) is 2.36. The molecule has 2 rings (SSSR count). The van der Waals surface area contributed by atoms with Crippen molar-refractivity contribution in [2.75, 3.05) is 5.32 Å². The molecule has 0 atom stereocenters. The average molecular weight is 471 g/mol. The van der Waals surface area contributed by atoms with Gasteiger partial charge in [-0.05, 0) is 74.9 Å². The number of carbonyl (C=O) groups excluding carboxylic acids is 1. The monoisotopic (exact) mass is 469 g/mol. The number of hydrogen-bond acceptors (Lipinski definition) is 1. The van der Waals surface area contributed by atoms with Crippen LogP contribution in [0, 0.1) is 3.57 Å². The van der Waals surface area contributed by atoms with E-state index in [0.29, 0.717) is 21.3 Å². The molecule has 0 fully saturated rings. The first-order valence-electron chi connectivity index (χ1n) is 5.19. The lowest BCUT2D eigenvalue weighted by atomic mass is 10.2. The molecule has 0 spiro atoms. The third-order valence-corrected chi connectivity index (χ3v) is 4.58. The van der Waals surface area contributed by atoms with Crippen LogP contribution in [0.4, 0.5) is 5.69 Å². The van der Waals surface area contributed by atoms with Crippen molar-refractivity contribution in [2.45, 2.75) is 0 Å². The fraction of sp³-hybridized carbons (Fsp3) is 0. The van der Waals surface area contributed by atoms with Crippen molar-refractivity contribution in [1.29, 1.82) is 0 Å². The maximum Gasteiger partial charge on any atom is 0.255 e. The van der Waals surface area contributed by atoms with Crippen molar-refractivity contribution in [3.63, 3.8) is 0 Å². The number of anilines is 1. The number of nitrogens with one attached hydrogen (secondary N) is 1. The van der Waals surface area contributed by atoms with Gasteiger partial charge in [0.25, 0.3) is 5.91 Å². The molecule has 0 aliphatic rings. The van der Waals surface area contributed by atoms with E-state index in [1.54, 1.807) is 30.3 Å². The number of benzene rings is 2. The van der Waals surface area contributed by atoms with Gasteiger partial charge >= 0.3 is 0 Å². The van der Waals surface area contributed by atoms with Gasteiger partial charge in [-0.3, -0.25) is 4.79 Å². The molecular weight excluding hydrogens is 464 g/mol. The second-order valence-electron chi connectivity index (χ2n) is 3.71. The van der Waals surface area contributed by atoms with Gasteiger partial charge in [-0.1, -0.05) is 23.2 Å². The molecule has 0 heterocycles. The van der Waals surface area contributed by atoms with Crippen LogP contribution in [0.15, 0.2) is 40.9 Å². The van der Waals surface area contributed by atoms with Gasteiger partial charge in [0, 0.05) is 13.6 Å². The number of rotatable bonds is 2. The number of hydrogen-bond donors (Lipinski definition) is 1. The summed E-state index contributed by atoms with van der Waals surface area (Å²) in [5, 5.41) is 3.74. The highest BCUT2D eigenvalue weighted by molar-refractivity contribution is 14.1. The van der Waals surface area contributed by atoms with Crippen LogP contribution < -0.4 is 5.32 Å². The molecule has 0 saturated heterocycles. The molecule has 0 radical (unpaired) electrons. The highest BCUT2D eigenvalue weighted by Gasteiger charge is 2.10. The normalized spacial score (nSPS) is 10.3. The lowest BCUT2D eigenvalue weighted by molar-refractivity contribution is 0.102. The quantitative estimate of drug-likeness (QED) is 0.568. The molecule has 0 saturated carbocycles. The molecule has 2 aromatic rings. The minimum Gasteiger partial charge on any atom is -0.321 e. The van der Waals surface area contributed by atoms with Crippen LogP contribution in [-0.2, 0) is 0 Å². The summed E-state index contributed by atoms with van der Waals surface area (Å²) in [6, 6.07) is 10.4. The maximum atomic E-state index is 12.1. The Balaban J connectivity index is 2.23. The summed E-state index contributed by atoms with van der Waals surface area (Å²) < 4.78 is 1.75. The largest absolute Gasteiger partial charge is 0.321 e. The Hall–Kier alpha value is -0.300. The number of carbonyl (C=O) groups is 1. The predicted molar refractivity (Wildman–Crippen MR) is 91.3 cm³/mol. The van der Waals surface area contributed by atoms with Gasteiger partial charge in [-0.15, -0.1) is 0 Å². The minimum atomic E-state index is -0.252. The van der Waals surface area contributed by atoms with Crippen molar-refractivity contribution in [1.82, 2.24) is 0 Å². The zero-order valence-electron chi connectivity index (χ0n) is 9.38. The van der Waals surface area contributed by atoms with E-state index < -0.39 is 0 Å². The van der Waals surface area contributed by atoms with Crippen molar-refractivity contribution in [2.24, 2.45) is 0 Å². The van der Waals surface area contributed by atoms with E-state index in [9.17, 15) is 4.79 Å². The lowest BCUT2D eigenvalue weighted by Gasteiger charge is -2.08. The Labute approximate surface area is 142 Å². The van der Waals surface area contributed by atoms with Crippen LogP contribution in [0.5, 0.6) is 0 Å². The third kappa shape index (κ3) is 3.84. The number of amides is 1. The van der Waals surface area contributed by atoms with Crippen LogP contribution in [-0.4, -0.2) is 5.91 Å². The van der Waals surface area contributed by atoms with Gasteiger partial charge in [0.2, 0.25) is 0 Å². The van der Waals surface area contributed by atoms with Gasteiger partial charge in [-0.2, -0.15) is 0 Å². The molecule has 0 aliphatic carbocycles. The van der Waals surface area contributed by atoms with E-state index in [0.717, 1.165) is 8.04 Å². The first-order valence-corrected chi connectivity index (χ1v) is 7.81. The first kappa shape index (κ1) is 15.1. The van der Waals surface area contributed by atoms with Crippen LogP contribution in [0.3, 0.4) is 0 Å². The summed E-state index contributed by atoms with van der Waals surface area (Å²) in [6.07, 6.45) is 0. The highest BCUT2D eigenvalue weighted by Crippen LogP contribution is 2.26. The molecule has 0 aromatic heterocycles. The summed E-state index contributed by atoms with van der Waals surface area (Å²) in [4.78, 5) is 12.1. The van der Waals surface area contributed by atoms with Gasteiger partial charge in [-0.25, -0.2) is 0 Å². The SMILES string of the molecule is O=C(Nc1ccc(I)cc1Cl)c1ccc(Br)c(Cl)c1.